The first-order valence-corrected chi connectivity index (χ1v) is 9.65. The van der Waals surface area contributed by atoms with E-state index < -0.39 is 0 Å². The average Bonchev–Trinajstić information content (AvgIpc) is 2.68. The van der Waals surface area contributed by atoms with Gasteiger partial charge in [0, 0.05) is 31.1 Å². The SMILES string of the molecule is O=C(CN1CCC(C(=O)N2CCCCC2)CC1)NCc1ccccc1F. The Morgan fingerprint density at radius 2 is 1.73 bits per heavy atom. The molecule has 0 radical (unpaired) electrons. The number of benzene rings is 1. The van der Waals surface area contributed by atoms with Crippen molar-refractivity contribution in [3.63, 3.8) is 0 Å². The summed E-state index contributed by atoms with van der Waals surface area (Å²) in [5, 5.41) is 2.78. The van der Waals surface area contributed by atoms with Crippen molar-refractivity contribution in [1.82, 2.24) is 15.1 Å². The number of nitrogens with zero attached hydrogens (tertiary/aromatic N) is 2. The van der Waals surface area contributed by atoms with Crippen LogP contribution in [0, 0.1) is 11.7 Å². The van der Waals surface area contributed by atoms with Crippen LogP contribution in [-0.4, -0.2) is 54.3 Å². The lowest BCUT2D eigenvalue weighted by atomic mass is 9.94. The minimum Gasteiger partial charge on any atom is -0.351 e. The molecule has 2 amide bonds. The second-order valence-electron chi connectivity index (χ2n) is 7.30. The molecule has 2 saturated heterocycles. The Hall–Kier alpha value is -1.95. The van der Waals surface area contributed by atoms with Gasteiger partial charge in [0.05, 0.1) is 6.54 Å². The fourth-order valence-electron chi connectivity index (χ4n) is 3.81. The second kappa shape index (κ2) is 9.12. The van der Waals surface area contributed by atoms with Crippen molar-refractivity contribution in [2.24, 2.45) is 5.92 Å². The lowest BCUT2D eigenvalue weighted by Crippen LogP contribution is -2.46. The minimum absolute atomic E-state index is 0.103. The monoisotopic (exact) mass is 361 g/mol. The third-order valence-corrected chi connectivity index (χ3v) is 5.41. The molecule has 2 fully saturated rings. The van der Waals surface area contributed by atoms with E-state index in [1.807, 2.05) is 4.90 Å². The first-order chi connectivity index (χ1) is 12.6. The predicted octanol–water partition coefficient (Wildman–Crippen LogP) is 2.17. The maximum absolute atomic E-state index is 13.6. The third kappa shape index (κ3) is 5.04. The average molecular weight is 361 g/mol. The summed E-state index contributed by atoms with van der Waals surface area (Å²) in [6.07, 6.45) is 5.09. The number of nitrogens with one attached hydrogen (secondary N) is 1. The Labute approximate surface area is 154 Å². The summed E-state index contributed by atoms with van der Waals surface area (Å²) < 4.78 is 13.6. The van der Waals surface area contributed by atoms with Crippen LogP contribution in [0.2, 0.25) is 0 Å². The molecule has 1 aromatic rings. The summed E-state index contributed by atoms with van der Waals surface area (Å²) >= 11 is 0. The maximum Gasteiger partial charge on any atom is 0.234 e. The van der Waals surface area contributed by atoms with Crippen molar-refractivity contribution in [1.29, 1.82) is 0 Å². The highest BCUT2D eigenvalue weighted by Gasteiger charge is 2.29. The predicted molar refractivity (Wildman–Crippen MR) is 97.8 cm³/mol. The van der Waals surface area contributed by atoms with Crippen LogP contribution >= 0.6 is 0 Å². The Morgan fingerprint density at radius 1 is 1.04 bits per heavy atom. The van der Waals surface area contributed by atoms with E-state index >= 15 is 0 Å². The molecular weight excluding hydrogens is 333 g/mol. The molecule has 3 rings (SSSR count). The topological polar surface area (TPSA) is 52.7 Å². The molecule has 6 heteroatoms. The molecular formula is C20H28FN3O2. The molecule has 0 aromatic heterocycles. The Balaban J connectivity index is 1.38. The van der Waals surface area contributed by atoms with E-state index in [2.05, 4.69) is 10.2 Å². The van der Waals surface area contributed by atoms with E-state index in [0.29, 0.717) is 18.0 Å². The molecule has 0 bridgehead atoms. The van der Waals surface area contributed by atoms with E-state index in [-0.39, 0.29) is 24.2 Å². The Bertz CT molecular complexity index is 623. The number of hydrogen-bond acceptors (Lipinski definition) is 3. The summed E-state index contributed by atoms with van der Waals surface area (Å²) in [6, 6.07) is 6.46. The molecule has 2 aliphatic heterocycles. The van der Waals surface area contributed by atoms with Crippen LogP contribution in [0.1, 0.15) is 37.7 Å². The fraction of sp³-hybridized carbons (Fsp3) is 0.600. The van der Waals surface area contributed by atoms with Gasteiger partial charge < -0.3 is 10.2 Å². The van der Waals surface area contributed by atoms with E-state index in [1.54, 1.807) is 18.2 Å². The summed E-state index contributed by atoms with van der Waals surface area (Å²) in [5.74, 6) is -0.00178. The van der Waals surface area contributed by atoms with E-state index in [0.717, 1.165) is 51.9 Å². The van der Waals surface area contributed by atoms with Crippen molar-refractivity contribution in [3.8, 4) is 0 Å². The lowest BCUT2D eigenvalue weighted by Gasteiger charge is -2.35. The van der Waals surface area contributed by atoms with Crippen molar-refractivity contribution >= 4 is 11.8 Å². The van der Waals surface area contributed by atoms with Gasteiger partial charge >= 0.3 is 0 Å². The summed E-state index contributed by atoms with van der Waals surface area (Å²) in [5.41, 5.74) is 0.492. The number of carbonyl (C=O) groups is 2. The normalized spacial score (nSPS) is 19.3. The molecule has 1 aromatic carbocycles. The quantitative estimate of drug-likeness (QED) is 0.874. The van der Waals surface area contributed by atoms with Gasteiger partial charge in [-0.3, -0.25) is 14.5 Å². The van der Waals surface area contributed by atoms with Gasteiger partial charge in [0.1, 0.15) is 5.82 Å². The molecule has 1 N–H and O–H groups in total. The first-order valence-electron chi connectivity index (χ1n) is 9.65. The number of carbonyl (C=O) groups excluding carboxylic acids is 2. The van der Waals surface area contributed by atoms with E-state index in [9.17, 15) is 14.0 Å². The van der Waals surface area contributed by atoms with Crippen LogP contribution in [-0.2, 0) is 16.1 Å². The van der Waals surface area contributed by atoms with Crippen molar-refractivity contribution in [3.05, 3.63) is 35.6 Å². The van der Waals surface area contributed by atoms with E-state index in [4.69, 9.17) is 0 Å². The molecule has 0 spiro atoms. The van der Waals surface area contributed by atoms with Gasteiger partial charge in [-0.05, 0) is 51.3 Å². The van der Waals surface area contributed by atoms with Crippen molar-refractivity contribution < 1.29 is 14.0 Å². The zero-order valence-electron chi connectivity index (χ0n) is 15.3. The molecule has 2 aliphatic rings. The number of likely N-dealkylation sites (tertiary alicyclic amines) is 2. The van der Waals surface area contributed by atoms with Crippen LogP contribution in [0.3, 0.4) is 0 Å². The highest BCUT2D eigenvalue weighted by molar-refractivity contribution is 5.79. The number of hydrogen-bond donors (Lipinski definition) is 1. The molecule has 26 heavy (non-hydrogen) atoms. The van der Waals surface area contributed by atoms with Gasteiger partial charge in [0.15, 0.2) is 0 Å². The van der Waals surface area contributed by atoms with Crippen molar-refractivity contribution in [2.75, 3.05) is 32.7 Å². The van der Waals surface area contributed by atoms with Crippen LogP contribution < -0.4 is 5.32 Å². The first kappa shape index (κ1) is 18.8. The van der Waals surface area contributed by atoms with Gasteiger partial charge in [-0.25, -0.2) is 4.39 Å². The molecule has 0 aliphatic carbocycles. The zero-order valence-corrected chi connectivity index (χ0v) is 15.3. The number of piperidine rings is 2. The van der Waals surface area contributed by atoms with Gasteiger partial charge in [-0.2, -0.15) is 0 Å². The minimum atomic E-state index is -0.301. The summed E-state index contributed by atoms with van der Waals surface area (Å²) in [4.78, 5) is 28.8. The fourth-order valence-corrected chi connectivity index (χ4v) is 3.81. The van der Waals surface area contributed by atoms with Crippen LogP contribution in [0.5, 0.6) is 0 Å². The smallest absolute Gasteiger partial charge is 0.234 e. The summed E-state index contributed by atoms with van der Waals surface area (Å²) in [6.45, 7) is 3.83. The van der Waals surface area contributed by atoms with Gasteiger partial charge in [-0.1, -0.05) is 18.2 Å². The Morgan fingerprint density at radius 3 is 2.42 bits per heavy atom. The highest BCUT2D eigenvalue weighted by atomic mass is 19.1. The molecule has 5 nitrogen and oxygen atoms in total. The number of halogens is 1. The maximum atomic E-state index is 13.6. The van der Waals surface area contributed by atoms with Crippen molar-refractivity contribution in [2.45, 2.75) is 38.6 Å². The molecule has 0 atom stereocenters. The van der Waals surface area contributed by atoms with Crippen LogP contribution in [0.4, 0.5) is 4.39 Å². The Kier molecular flexibility index (Phi) is 6.61. The van der Waals surface area contributed by atoms with Gasteiger partial charge in [0.25, 0.3) is 0 Å². The highest BCUT2D eigenvalue weighted by Crippen LogP contribution is 2.21. The lowest BCUT2D eigenvalue weighted by molar-refractivity contribution is -0.138. The standard InChI is InChI=1S/C20H28FN3O2/c21-18-7-3-2-6-17(18)14-22-19(25)15-23-12-8-16(9-13-23)20(26)24-10-4-1-5-11-24/h2-3,6-7,16H,1,4-5,8-15H2,(H,22,25). The van der Waals surface area contributed by atoms with E-state index in [1.165, 1.54) is 12.5 Å². The van der Waals surface area contributed by atoms with Crippen LogP contribution in [0.25, 0.3) is 0 Å². The van der Waals surface area contributed by atoms with Crippen LogP contribution in [0.15, 0.2) is 24.3 Å². The molecule has 0 unspecified atom stereocenters. The largest absolute Gasteiger partial charge is 0.351 e. The third-order valence-electron chi connectivity index (χ3n) is 5.41. The van der Waals surface area contributed by atoms with Gasteiger partial charge in [0.2, 0.25) is 11.8 Å². The number of amides is 2. The summed E-state index contributed by atoms with van der Waals surface area (Å²) in [7, 11) is 0. The molecule has 142 valence electrons. The molecule has 2 heterocycles. The zero-order chi connectivity index (χ0) is 18.4. The number of rotatable bonds is 5. The second-order valence-corrected chi connectivity index (χ2v) is 7.30. The van der Waals surface area contributed by atoms with Gasteiger partial charge in [-0.15, -0.1) is 0 Å². The molecule has 0 saturated carbocycles.